The molecule has 0 radical (unpaired) electrons. The second-order valence-corrected chi connectivity index (χ2v) is 6.66. The number of benzene rings is 1. The van der Waals surface area contributed by atoms with E-state index < -0.39 is 0 Å². The van der Waals surface area contributed by atoms with E-state index in [1.165, 1.54) is 5.56 Å². The zero-order chi connectivity index (χ0) is 13.1. The van der Waals surface area contributed by atoms with Gasteiger partial charge >= 0.3 is 0 Å². The van der Waals surface area contributed by atoms with Gasteiger partial charge in [0.1, 0.15) is 0 Å². The molecule has 3 atom stereocenters. The molecular formula is C14H20ClNOS. The maximum atomic E-state index is 6.34. The number of thioether (sulfide) groups is 1. The standard InChI is InChI=1S/C14H20ClNOS/c1-9(16)7-11-3-4-14(12(15)8-11)18-13-5-6-17-10(13)2/h3-4,8-10,13H,5-7,16H2,1-2H3. The maximum absolute atomic E-state index is 6.34. The van der Waals surface area contributed by atoms with Gasteiger partial charge in [0, 0.05) is 22.8 Å². The molecule has 18 heavy (non-hydrogen) atoms. The van der Waals surface area contributed by atoms with Gasteiger partial charge in [-0.15, -0.1) is 11.8 Å². The molecule has 1 aromatic rings. The number of nitrogens with two attached hydrogens (primary N) is 1. The van der Waals surface area contributed by atoms with Gasteiger partial charge in [0.15, 0.2) is 0 Å². The summed E-state index contributed by atoms with van der Waals surface area (Å²) >= 11 is 8.16. The Labute approximate surface area is 118 Å². The summed E-state index contributed by atoms with van der Waals surface area (Å²) in [5.41, 5.74) is 7.00. The second kappa shape index (κ2) is 6.29. The number of halogens is 1. The van der Waals surface area contributed by atoms with E-state index in [4.69, 9.17) is 22.1 Å². The number of ether oxygens (including phenoxy) is 1. The van der Waals surface area contributed by atoms with Crippen LogP contribution in [0, 0.1) is 0 Å². The first-order chi connectivity index (χ1) is 8.56. The normalized spacial score (nSPS) is 25.3. The van der Waals surface area contributed by atoms with Crippen LogP contribution in [0.5, 0.6) is 0 Å². The lowest BCUT2D eigenvalue weighted by Crippen LogP contribution is -2.17. The topological polar surface area (TPSA) is 35.2 Å². The first-order valence-electron chi connectivity index (χ1n) is 6.38. The summed E-state index contributed by atoms with van der Waals surface area (Å²) in [5, 5.41) is 1.35. The van der Waals surface area contributed by atoms with Crippen molar-refractivity contribution in [2.24, 2.45) is 5.73 Å². The summed E-state index contributed by atoms with van der Waals surface area (Å²) in [6.45, 7) is 5.00. The minimum Gasteiger partial charge on any atom is -0.377 e. The van der Waals surface area contributed by atoms with Crippen LogP contribution in [0.4, 0.5) is 0 Å². The summed E-state index contributed by atoms with van der Waals surface area (Å²) < 4.78 is 5.57. The molecule has 0 spiro atoms. The van der Waals surface area contributed by atoms with Gasteiger partial charge in [0.25, 0.3) is 0 Å². The van der Waals surface area contributed by atoms with E-state index in [0.717, 1.165) is 29.4 Å². The highest BCUT2D eigenvalue weighted by molar-refractivity contribution is 8.00. The molecule has 0 saturated carbocycles. The van der Waals surface area contributed by atoms with Crippen LogP contribution >= 0.6 is 23.4 Å². The smallest absolute Gasteiger partial charge is 0.0669 e. The molecule has 1 saturated heterocycles. The third-order valence-electron chi connectivity index (χ3n) is 3.14. The summed E-state index contributed by atoms with van der Waals surface area (Å²) in [5.74, 6) is 0. The SMILES string of the molecule is CC(N)Cc1ccc(SC2CCOC2C)c(Cl)c1. The van der Waals surface area contributed by atoms with E-state index in [-0.39, 0.29) is 6.04 Å². The quantitative estimate of drug-likeness (QED) is 0.920. The van der Waals surface area contributed by atoms with Crippen LogP contribution in [-0.4, -0.2) is 24.0 Å². The van der Waals surface area contributed by atoms with Crippen molar-refractivity contribution in [3.8, 4) is 0 Å². The van der Waals surface area contributed by atoms with Crippen molar-refractivity contribution in [3.05, 3.63) is 28.8 Å². The van der Waals surface area contributed by atoms with Crippen molar-refractivity contribution in [3.63, 3.8) is 0 Å². The Morgan fingerprint density at radius 2 is 2.33 bits per heavy atom. The first kappa shape index (κ1) is 14.2. The third-order valence-corrected chi connectivity index (χ3v) is 5.10. The summed E-state index contributed by atoms with van der Waals surface area (Å²) in [6, 6.07) is 6.43. The van der Waals surface area contributed by atoms with Crippen LogP contribution in [-0.2, 0) is 11.2 Å². The summed E-state index contributed by atoms with van der Waals surface area (Å²) in [6.07, 6.45) is 2.28. The van der Waals surface area contributed by atoms with Crippen LogP contribution < -0.4 is 5.73 Å². The zero-order valence-corrected chi connectivity index (χ0v) is 12.4. The Balaban J connectivity index is 2.05. The molecule has 100 valence electrons. The lowest BCUT2D eigenvalue weighted by molar-refractivity contribution is 0.127. The minimum atomic E-state index is 0.169. The Morgan fingerprint density at radius 3 is 2.89 bits per heavy atom. The average molecular weight is 286 g/mol. The summed E-state index contributed by atoms with van der Waals surface area (Å²) in [4.78, 5) is 1.15. The second-order valence-electron chi connectivity index (χ2n) is 4.97. The predicted octanol–water partition coefficient (Wildman–Crippen LogP) is 3.50. The van der Waals surface area contributed by atoms with Crippen LogP contribution in [0.1, 0.15) is 25.8 Å². The average Bonchev–Trinajstić information content (AvgIpc) is 2.67. The first-order valence-corrected chi connectivity index (χ1v) is 7.64. The predicted molar refractivity (Wildman–Crippen MR) is 78.5 cm³/mol. The van der Waals surface area contributed by atoms with Gasteiger partial charge in [0.05, 0.1) is 11.1 Å². The van der Waals surface area contributed by atoms with E-state index in [9.17, 15) is 0 Å². The minimum absolute atomic E-state index is 0.169. The Morgan fingerprint density at radius 1 is 1.56 bits per heavy atom. The fraction of sp³-hybridized carbons (Fsp3) is 0.571. The van der Waals surface area contributed by atoms with Crippen molar-refractivity contribution >= 4 is 23.4 Å². The van der Waals surface area contributed by atoms with E-state index in [2.05, 4.69) is 19.1 Å². The zero-order valence-electron chi connectivity index (χ0n) is 10.9. The largest absolute Gasteiger partial charge is 0.377 e. The molecule has 0 aliphatic carbocycles. The Hall–Kier alpha value is -0.220. The third kappa shape index (κ3) is 3.64. The molecule has 2 rings (SSSR count). The van der Waals surface area contributed by atoms with E-state index >= 15 is 0 Å². The molecule has 1 aromatic carbocycles. The van der Waals surface area contributed by atoms with Gasteiger partial charge in [-0.1, -0.05) is 17.7 Å². The molecule has 0 aromatic heterocycles. The van der Waals surface area contributed by atoms with Gasteiger partial charge in [-0.2, -0.15) is 0 Å². The molecule has 0 amide bonds. The molecule has 3 unspecified atom stereocenters. The number of hydrogen-bond donors (Lipinski definition) is 1. The fourth-order valence-corrected chi connectivity index (χ4v) is 3.63. The lowest BCUT2D eigenvalue weighted by atomic mass is 10.1. The van der Waals surface area contributed by atoms with Crippen LogP contribution in [0.25, 0.3) is 0 Å². The number of hydrogen-bond acceptors (Lipinski definition) is 3. The Kier molecular flexibility index (Phi) is 4.96. The lowest BCUT2D eigenvalue weighted by Gasteiger charge is -2.15. The molecule has 0 bridgehead atoms. The van der Waals surface area contributed by atoms with Crippen molar-refractivity contribution in [1.82, 2.24) is 0 Å². The van der Waals surface area contributed by atoms with E-state index in [1.54, 1.807) is 0 Å². The van der Waals surface area contributed by atoms with Gasteiger partial charge < -0.3 is 10.5 Å². The molecule has 4 heteroatoms. The highest BCUT2D eigenvalue weighted by atomic mass is 35.5. The van der Waals surface area contributed by atoms with Crippen molar-refractivity contribution in [2.75, 3.05) is 6.61 Å². The molecule has 1 heterocycles. The molecular weight excluding hydrogens is 266 g/mol. The highest BCUT2D eigenvalue weighted by Gasteiger charge is 2.25. The van der Waals surface area contributed by atoms with Gasteiger partial charge in [-0.05, 0) is 44.4 Å². The van der Waals surface area contributed by atoms with Crippen molar-refractivity contribution < 1.29 is 4.74 Å². The number of rotatable bonds is 4. The monoisotopic (exact) mass is 285 g/mol. The van der Waals surface area contributed by atoms with E-state index in [1.807, 2.05) is 24.8 Å². The van der Waals surface area contributed by atoms with Crippen molar-refractivity contribution in [2.45, 2.75) is 49.0 Å². The summed E-state index contributed by atoms with van der Waals surface area (Å²) in [7, 11) is 0. The molecule has 1 aliphatic heterocycles. The molecule has 1 aliphatic rings. The Bertz CT molecular complexity index is 411. The molecule has 2 nitrogen and oxygen atoms in total. The molecule has 2 N–H and O–H groups in total. The van der Waals surface area contributed by atoms with Gasteiger partial charge in [-0.3, -0.25) is 0 Å². The van der Waals surface area contributed by atoms with Gasteiger partial charge in [-0.25, -0.2) is 0 Å². The van der Waals surface area contributed by atoms with Crippen LogP contribution in [0.2, 0.25) is 5.02 Å². The van der Waals surface area contributed by atoms with Crippen LogP contribution in [0.15, 0.2) is 23.1 Å². The fourth-order valence-electron chi connectivity index (χ4n) is 2.17. The maximum Gasteiger partial charge on any atom is 0.0669 e. The highest BCUT2D eigenvalue weighted by Crippen LogP contribution is 2.36. The van der Waals surface area contributed by atoms with Gasteiger partial charge in [0.2, 0.25) is 0 Å². The van der Waals surface area contributed by atoms with E-state index in [0.29, 0.717) is 11.4 Å². The molecule has 1 fully saturated rings. The van der Waals surface area contributed by atoms with Crippen molar-refractivity contribution in [1.29, 1.82) is 0 Å². The van der Waals surface area contributed by atoms with Crippen LogP contribution in [0.3, 0.4) is 0 Å².